The Bertz CT molecular complexity index is 434. The molecule has 0 spiro atoms. The van der Waals surface area contributed by atoms with Gasteiger partial charge in [0.15, 0.2) is 0 Å². The van der Waals surface area contributed by atoms with Crippen LogP contribution in [0.25, 0.3) is 0 Å². The van der Waals surface area contributed by atoms with E-state index in [0.717, 1.165) is 6.42 Å². The minimum atomic E-state index is 0.455. The second-order valence-corrected chi connectivity index (χ2v) is 5.28. The quantitative estimate of drug-likeness (QED) is 0.821. The molecule has 1 aromatic carbocycles. The maximum atomic E-state index is 5.86. The summed E-state index contributed by atoms with van der Waals surface area (Å²) in [5, 5.41) is 0. The van der Waals surface area contributed by atoms with Crippen molar-refractivity contribution in [3.63, 3.8) is 0 Å². The summed E-state index contributed by atoms with van der Waals surface area (Å²) in [6.07, 6.45) is 7.20. The Labute approximate surface area is 122 Å². The Hall–Kier alpha value is -1.67. The fourth-order valence-electron chi connectivity index (χ4n) is 2.99. The van der Waals surface area contributed by atoms with E-state index in [1.54, 1.807) is 0 Å². The van der Waals surface area contributed by atoms with Gasteiger partial charge in [0.1, 0.15) is 0 Å². The smallest absolute Gasteiger partial charge is 0.0302 e. The van der Waals surface area contributed by atoms with Crippen LogP contribution in [-0.4, -0.2) is 11.5 Å². The van der Waals surface area contributed by atoms with E-state index in [-0.39, 0.29) is 0 Å². The monoisotopic (exact) mass is 268 g/mol. The van der Waals surface area contributed by atoms with Gasteiger partial charge < -0.3 is 5.73 Å². The molecule has 1 aromatic heterocycles. The molecule has 2 atom stereocenters. The molecule has 2 rings (SSSR count). The van der Waals surface area contributed by atoms with Crippen LogP contribution >= 0.6 is 0 Å². The van der Waals surface area contributed by atoms with Crippen LogP contribution in [0.2, 0.25) is 0 Å². The molecular weight excluding hydrogens is 244 g/mol. The lowest BCUT2D eigenvalue weighted by molar-refractivity contribution is 0.476. The molecule has 0 saturated carbocycles. The Morgan fingerprint density at radius 3 is 2.25 bits per heavy atom. The lowest BCUT2D eigenvalue weighted by Crippen LogP contribution is -2.16. The van der Waals surface area contributed by atoms with Crippen molar-refractivity contribution >= 4 is 0 Å². The first kappa shape index (κ1) is 14.7. The number of benzene rings is 1. The predicted molar refractivity (Wildman–Crippen MR) is 84.7 cm³/mol. The van der Waals surface area contributed by atoms with Crippen molar-refractivity contribution in [1.82, 2.24) is 4.98 Å². The molecule has 106 valence electrons. The zero-order chi connectivity index (χ0) is 14.2. The second kappa shape index (κ2) is 7.81. The molecule has 2 unspecified atom stereocenters. The van der Waals surface area contributed by atoms with Gasteiger partial charge in [0.05, 0.1) is 0 Å². The lowest BCUT2D eigenvalue weighted by atomic mass is 9.77. The lowest BCUT2D eigenvalue weighted by Gasteiger charge is -2.27. The molecule has 2 N–H and O–H groups in total. The first-order valence-electron chi connectivity index (χ1n) is 7.51. The number of rotatable bonds is 7. The van der Waals surface area contributed by atoms with Crippen molar-refractivity contribution < 1.29 is 0 Å². The van der Waals surface area contributed by atoms with Crippen molar-refractivity contribution in [3.05, 3.63) is 66.0 Å². The van der Waals surface area contributed by atoms with E-state index in [1.807, 2.05) is 18.5 Å². The second-order valence-electron chi connectivity index (χ2n) is 5.28. The predicted octanol–water partition coefficient (Wildman–Crippen LogP) is 4.10. The highest BCUT2D eigenvalue weighted by Crippen LogP contribution is 2.38. The molecule has 0 aliphatic heterocycles. The van der Waals surface area contributed by atoms with Gasteiger partial charge in [-0.1, -0.05) is 49.7 Å². The molecule has 20 heavy (non-hydrogen) atoms. The molecule has 0 aliphatic rings. The van der Waals surface area contributed by atoms with E-state index in [4.69, 9.17) is 5.73 Å². The number of aromatic nitrogens is 1. The Morgan fingerprint density at radius 2 is 1.65 bits per heavy atom. The topological polar surface area (TPSA) is 38.9 Å². The van der Waals surface area contributed by atoms with Crippen LogP contribution in [0.1, 0.15) is 49.1 Å². The Kier molecular flexibility index (Phi) is 5.75. The summed E-state index contributed by atoms with van der Waals surface area (Å²) in [5.74, 6) is 0.977. The van der Waals surface area contributed by atoms with E-state index in [1.165, 1.54) is 24.0 Å². The molecule has 0 amide bonds. The van der Waals surface area contributed by atoms with Gasteiger partial charge in [0.2, 0.25) is 0 Å². The van der Waals surface area contributed by atoms with Crippen molar-refractivity contribution in [2.24, 2.45) is 5.73 Å². The first-order valence-corrected chi connectivity index (χ1v) is 7.51. The molecule has 0 bridgehead atoms. The zero-order valence-electron chi connectivity index (χ0n) is 12.2. The zero-order valence-corrected chi connectivity index (χ0v) is 12.2. The van der Waals surface area contributed by atoms with Crippen LogP contribution in [0.4, 0.5) is 0 Å². The fraction of sp³-hybridized carbons (Fsp3) is 0.389. The van der Waals surface area contributed by atoms with E-state index in [2.05, 4.69) is 48.3 Å². The first-order chi connectivity index (χ1) is 9.86. The van der Waals surface area contributed by atoms with E-state index in [9.17, 15) is 0 Å². The molecule has 1 heterocycles. The minimum absolute atomic E-state index is 0.455. The van der Waals surface area contributed by atoms with Crippen LogP contribution < -0.4 is 5.73 Å². The van der Waals surface area contributed by atoms with Gasteiger partial charge in [0, 0.05) is 12.4 Å². The van der Waals surface area contributed by atoms with E-state index in [0.29, 0.717) is 18.4 Å². The highest BCUT2D eigenvalue weighted by molar-refractivity contribution is 5.27. The van der Waals surface area contributed by atoms with Gasteiger partial charge in [-0.25, -0.2) is 0 Å². The van der Waals surface area contributed by atoms with Crippen molar-refractivity contribution in [2.75, 3.05) is 6.54 Å². The number of nitrogens with two attached hydrogens (primary N) is 1. The molecule has 0 radical (unpaired) electrons. The van der Waals surface area contributed by atoms with Gasteiger partial charge in [-0.15, -0.1) is 0 Å². The van der Waals surface area contributed by atoms with Crippen LogP contribution in [0.15, 0.2) is 54.9 Å². The molecule has 0 fully saturated rings. The molecule has 0 aliphatic carbocycles. The number of nitrogens with zero attached hydrogens (tertiary/aromatic N) is 1. The number of hydrogen-bond donors (Lipinski definition) is 1. The molecular formula is C18H24N2. The molecule has 0 saturated heterocycles. The third-order valence-corrected chi connectivity index (χ3v) is 3.90. The SMILES string of the molecule is CCCC(c1ccccc1)C(CCN)c1cccnc1. The van der Waals surface area contributed by atoms with Gasteiger partial charge in [-0.2, -0.15) is 0 Å². The molecule has 2 aromatic rings. The summed E-state index contributed by atoms with van der Waals surface area (Å²) in [5.41, 5.74) is 8.58. The standard InChI is InChI=1S/C18H24N2/c1-2-7-17(15-8-4-3-5-9-15)18(11-12-19)16-10-6-13-20-14-16/h3-6,8-10,13-14,17-18H,2,7,11-12,19H2,1H3. The average Bonchev–Trinajstić information content (AvgIpc) is 2.52. The third-order valence-electron chi connectivity index (χ3n) is 3.90. The summed E-state index contributed by atoms with van der Waals surface area (Å²) in [6, 6.07) is 15.0. The Morgan fingerprint density at radius 1 is 0.950 bits per heavy atom. The van der Waals surface area contributed by atoms with Gasteiger partial charge in [0.25, 0.3) is 0 Å². The minimum Gasteiger partial charge on any atom is -0.330 e. The maximum absolute atomic E-state index is 5.86. The summed E-state index contributed by atoms with van der Waals surface area (Å²) < 4.78 is 0. The van der Waals surface area contributed by atoms with Crippen LogP contribution in [-0.2, 0) is 0 Å². The van der Waals surface area contributed by atoms with Crippen molar-refractivity contribution in [1.29, 1.82) is 0 Å². The van der Waals surface area contributed by atoms with Crippen LogP contribution in [0.5, 0.6) is 0 Å². The van der Waals surface area contributed by atoms with Gasteiger partial charge in [-0.05, 0) is 48.4 Å². The van der Waals surface area contributed by atoms with Crippen molar-refractivity contribution in [2.45, 2.75) is 38.0 Å². The van der Waals surface area contributed by atoms with Crippen molar-refractivity contribution in [3.8, 4) is 0 Å². The fourth-order valence-corrected chi connectivity index (χ4v) is 2.99. The summed E-state index contributed by atoms with van der Waals surface area (Å²) in [6.45, 7) is 2.96. The molecule has 2 heteroatoms. The van der Waals surface area contributed by atoms with E-state index < -0.39 is 0 Å². The highest BCUT2D eigenvalue weighted by Gasteiger charge is 2.23. The van der Waals surface area contributed by atoms with Crippen LogP contribution in [0.3, 0.4) is 0 Å². The number of hydrogen-bond acceptors (Lipinski definition) is 2. The normalized spacial score (nSPS) is 13.9. The summed E-state index contributed by atoms with van der Waals surface area (Å²) in [7, 11) is 0. The summed E-state index contributed by atoms with van der Waals surface area (Å²) >= 11 is 0. The van der Waals surface area contributed by atoms with E-state index >= 15 is 0 Å². The average molecular weight is 268 g/mol. The number of pyridine rings is 1. The largest absolute Gasteiger partial charge is 0.330 e. The van der Waals surface area contributed by atoms with Gasteiger partial charge >= 0.3 is 0 Å². The molecule has 2 nitrogen and oxygen atoms in total. The maximum Gasteiger partial charge on any atom is 0.0302 e. The third kappa shape index (κ3) is 3.67. The highest BCUT2D eigenvalue weighted by atomic mass is 14.6. The van der Waals surface area contributed by atoms with Crippen LogP contribution in [0, 0.1) is 0 Å². The Balaban J connectivity index is 2.33. The van der Waals surface area contributed by atoms with Gasteiger partial charge in [-0.3, -0.25) is 4.98 Å². The summed E-state index contributed by atoms with van der Waals surface area (Å²) in [4.78, 5) is 4.28.